The second kappa shape index (κ2) is 6.72. The monoisotopic (exact) mass is 368 g/mol. The smallest absolute Gasteiger partial charge is 0.353 e. The third-order valence-corrected chi connectivity index (χ3v) is 4.02. The van der Waals surface area contributed by atoms with E-state index in [-0.39, 0.29) is 11.4 Å². The molecule has 3 heterocycles. The van der Waals surface area contributed by atoms with Crippen molar-refractivity contribution >= 4 is 23.2 Å². The van der Waals surface area contributed by atoms with Gasteiger partial charge in [-0.1, -0.05) is 11.6 Å². The minimum absolute atomic E-state index is 0.0534. The quantitative estimate of drug-likeness (QED) is 0.759. The van der Waals surface area contributed by atoms with Gasteiger partial charge in [-0.3, -0.25) is 0 Å². The van der Waals surface area contributed by atoms with Crippen molar-refractivity contribution in [2.75, 3.05) is 36.0 Å². The number of nitrogens with zero attached hydrogens (tertiary/aromatic N) is 6. The van der Waals surface area contributed by atoms with Gasteiger partial charge in [0.1, 0.15) is 34.9 Å². The van der Waals surface area contributed by atoms with Crippen molar-refractivity contribution in [3.05, 3.63) is 40.9 Å². The van der Waals surface area contributed by atoms with E-state index in [1.54, 1.807) is 11.0 Å². The van der Waals surface area contributed by atoms with Crippen molar-refractivity contribution in [3.8, 4) is 6.07 Å². The van der Waals surface area contributed by atoms with Crippen molar-refractivity contribution in [3.63, 3.8) is 0 Å². The van der Waals surface area contributed by atoms with E-state index in [0.717, 1.165) is 12.1 Å². The number of alkyl halides is 3. The number of aromatic nitrogens is 3. The fraction of sp³-hybridized carbons (Fsp3) is 0.333. The van der Waals surface area contributed by atoms with Crippen LogP contribution in [-0.4, -0.2) is 41.1 Å². The molecule has 0 radical (unpaired) electrons. The van der Waals surface area contributed by atoms with Gasteiger partial charge in [0.05, 0.1) is 5.56 Å². The average molecular weight is 369 g/mol. The zero-order valence-corrected chi connectivity index (χ0v) is 13.6. The Kier molecular flexibility index (Phi) is 4.63. The molecule has 2 aromatic heterocycles. The molecule has 2 aromatic rings. The largest absolute Gasteiger partial charge is 0.433 e. The molecular weight excluding hydrogens is 357 g/mol. The number of hydrogen-bond acceptors (Lipinski definition) is 6. The second-order valence-corrected chi connectivity index (χ2v) is 5.74. The fourth-order valence-corrected chi connectivity index (χ4v) is 2.72. The number of piperazine rings is 1. The van der Waals surface area contributed by atoms with Crippen LogP contribution in [0.2, 0.25) is 5.15 Å². The summed E-state index contributed by atoms with van der Waals surface area (Å²) in [5.74, 6) is 0.704. The minimum atomic E-state index is -4.55. The summed E-state index contributed by atoms with van der Waals surface area (Å²) >= 11 is 5.85. The van der Waals surface area contributed by atoms with Gasteiger partial charge in [0, 0.05) is 32.2 Å². The summed E-state index contributed by atoms with van der Waals surface area (Å²) in [4.78, 5) is 15.2. The molecule has 1 fully saturated rings. The zero-order chi connectivity index (χ0) is 18.0. The van der Waals surface area contributed by atoms with Crippen molar-refractivity contribution in [2.24, 2.45) is 0 Å². The zero-order valence-electron chi connectivity index (χ0n) is 12.8. The number of pyridine rings is 1. The number of rotatable bonds is 2. The first-order valence-corrected chi connectivity index (χ1v) is 7.72. The van der Waals surface area contributed by atoms with Crippen LogP contribution in [0, 0.1) is 11.3 Å². The number of hydrogen-bond donors (Lipinski definition) is 0. The SMILES string of the molecule is N#Cc1ccc(C(F)(F)F)nc1N1CCN(c2cc(Cl)ncn2)CC1. The van der Waals surface area contributed by atoms with Gasteiger partial charge in [0.15, 0.2) is 0 Å². The summed E-state index contributed by atoms with van der Waals surface area (Å²) in [5.41, 5.74) is -0.891. The average Bonchev–Trinajstić information content (AvgIpc) is 2.60. The van der Waals surface area contributed by atoms with Crippen LogP contribution >= 0.6 is 11.6 Å². The molecule has 0 aliphatic carbocycles. The lowest BCUT2D eigenvalue weighted by Crippen LogP contribution is -2.47. The topological polar surface area (TPSA) is 68.9 Å². The molecule has 1 aliphatic heterocycles. The van der Waals surface area contributed by atoms with Gasteiger partial charge in [-0.2, -0.15) is 18.4 Å². The van der Waals surface area contributed by atoms with Gasteiger partial charge >= 0.3 is 6.18 Å². The molecule has 1 aliphatic rings. The highest BCUT2D eigenvalue weighted by atomic mass is 35.5. The standard InChI is InChI=1S/C15H12ClF3N6/c16-12-7-13(22-9-21-12)24-3-5-25(6-4-24)14-10(8-20)1-2-11(23-14)15(17,18)19/h1-2,7,9H,3-6H2. The van der Waals surface area contributed by atoms with Crippen molar-refractivity contribution in [1.82, 2.24) is 15.0 Å². The predicted octanol–water partition coefficient (Wildman–Crippen LogP) is 2.74. The van der Waals surface area contributed by atoms with E-state index in [4.69, 9.17) is 16.9 Å². The summed E-state index contributed by atoms with van der Waals surface area (Å²) in [6.45, 7) is 1.83. The predicted molar refractivity (Wildman–Crippen MR) is 85.4 cm³/mol. The lowest BCUT2D eigenvalue weighted by molar-refractivity contribution is -0.141. The van der Waals surface area contributed by atoms with Gasteiger partial charge in [0.25, 0.3) is 0 Å². The third-order valence-electron chi connectivity index (χ3n) is 3.81. The van der Waals surface area contributed by atoms with E-state index in [9.17, 15) is 13.2 Å². The van der Waals surface area contributed by atoms with E-state index in [1.807, 2.05) is 11.0 Å². The first-order chi connectivity index (χ1) is 11.9. The number of halogens is 4. The maximum Gasteiger partial charge on any atom is 0.433 e. The Balaban J connectivity index is 1.80. The van der Waals surface area contributed by atoms with Crippen LogP contribution < -0.4 is 9.80 Å². The molecule has 0 atom stereocenters. The Morgan fingerprint density at radius 1 is 1.08 bits per heavy atom. The normalized spacial score (nSPS) is 15.2. The highest BCUT2D eigenvalue weighted by Gasteiger charge is 2.34. The Morgan fingerprint density at radius 3 is 2.36 bits per heavy atom. The molecule has 0 aromatic carbocycles. The Hall–Kier alpha value is -2.60. The van der Waals surface area contributed by atoms with Crippen molar-refractivity contribution < 1.29 is 13.2 Å². The summed E-state index contributed by atoms with van der Waals surface area (Å²) in [6.07, 6.45) is -3.20. The van der Waals surface area contributed by atoms with Gasteiger partial charge in [0.2, 0.25) is 0 Å². The van der Waals surface area contributed by atoms with Crippen LogP contribution in [0.25, 0.3) is 0 Å². The van der Waals surface area contributed by atoms with E-state index >= 15 is 0 Å². The van der Waals surface area contributed by atoms with E-state index in [0.29, 0.717) is 37.1 Å². The maximum atomic E-state index is 12.9. The van der Waals surface area contributed by atoms with E-state index < -0.39 is 11.9 Å². The fourth-order valence-electron chi connectivity index (χ4n) is 2.58. The van der Waals surface area contributed by atoms with Crippen LogP contribution in [0.4, 0.5) is 24.8 Å². The van der Waals surface area contributed by atoms with Gasteiger partial charge in [-0.15, -0.1) is 0 Å². The van der Waals surface area contributed by atoms with Crippen molar-refractivity contribution in [1.29, 1.82) is 5.26 Å². The molecule has 25 heavy (non-hydrogen) atoms. The number of anilines is 2. The summed E-state index contributed by atoms with van der Waals surface area (Å²) in [5, 5.41) is 9.48. The third kappa shape index (κ3) is 3.74. The van der Waals surface area contributed by atoms with Gasteiger partial charge in [-0.05, 0) is 12.1 Å². The molecule has 130 valence electrons. The first-order valence-electron chi connectivity index (χ1n) is 7.34. The molecule has 0 N–H and O–H groups in total. The highest BCUT2D eigenvalue weighted by molar-refractivity contribution is 6.29. The maximum absolute atomic E-state index is 12.9. The van der Waals surface area contributed by atoms with E-state index in [2.05, 4.69) is 15.0 Å². The number of nitriles is 1. The van der Waals surface area contributed by atoms with Gasteiger partial charge < -0.3 is 9.80 Å². The molecule has 0 unspecified atom stereocenters. The Morgan fingerprint density at radius 2 is 1.76 bits per heavy atom. The summed E-state index contributed by atoms with van der Waals surface area (Å²) in [6, 6.07) is 5.50. The van der Waals surface area contributed by atoms with Crippen LogP contribution in [0.3, 0.4) is 0 Å². The molecule has 6 nitrogen and oxygen atoms in total. The Labute approximate surface area is 146 Å². The van der Waals surface area contributed by atoms with E-state index in [1.165, 1.54) is 6.33 Å². The lowest BCUT2D eigenvalue weighted by atomic mass is 10.2. The highest BCUT2D eigenvalue weighted by Crippen LogP contribution is 2.31. The summed E-state index contributed by atoms with van der Waals surface area (Å²) < 4.78 is 38.7. The van der Waals surface area contributed by atoms with Gasteiger partial charge in [-0.25, -0.2) is 15.0 Å². The molecule has 3 rings (SSSR count). The minimum Gasteiger partial charge on any atom is -0.353 e. The molecular formula is C15H12ClF3N6. The molecule has 0 amide bonds. The van der Waals surface area contributed by atoms with Crippen LogP contribution in [-0.2, 0) is 6.18 Å². The molecule has 0 saturated carbocycles. The Bertz CT molecular complexity index is 812. The van der Waals surface area contributed by atoms with Crippen LogP contribution in [0.15, 0.2) is 24.5 Å². The first kappa shape index (κ1) is 17.2. The second-order valence-electron chi connectivity index (χ2n) is 5.35. The molecule has 0 spiro atoms. The lowest BCUT2D eigenvalue weighted by Gasteiger charge is -2.36. The van der Waals surface area contributed by atoms with Crippen LogP contribution in [0.1, 0.15) is 11.3 Å². The molecule has 0 bridgehead atoms. The molecule has 1 saturated heterocycles. The van der Waals surface area contributed by atoms with Crippen LogP contribution in [0.5, 0.6) is 0 Å². The molecule has 10 heteroatoms. The van der Waals surface area contributed by atoms with Crippen molar-refractivity contribution in [2.45, 2.75) is 6.18 Å². The summed E-state index contributed by atoms with van der Waals surface area (Å²) in [7, 11) is 0.